The number of aliphatic hydroxyl groups excluding tert-OH is 1. The van der Waals surface area contributed by atoms with E-state index < -0.39 is 0 Å². The number of nitrogens with one attached hydrogen (secondary N) is 1. The van der Waals surface area contributed by atoms with E-state index in [-0.39, 0.29) is 12.4 Å². The SMILES string of the molecule is CNc1ccc(C#CC2=CC(c3c(C=O)c(C)n(CCO)c3-c3ccc(F)cc3)=CCC2)cc1. The van der Waals surface area contributed by atoms with Crippen molar-refractivity contribution in [1.29, 1.82) is 0 Å². The number of anilines is 1. The van der Waals surface area contributed by atoms with Gasteiger partial charge in [-0.1, -0.05) is 17.9 Å². The van der Waals surface area contributed by atoms with Crippen LogP contribution in [0.5, 0.6) is 0 Å². The third kappa shape index (κ3) is 4.73. The quantitative estimate of drug-likeness (QED) is 0.376. The molecule has 0 bridgehead atoms. The highest BCUT2D eigenvalue weighted by molar-refractivity contribution is 5.97. The molecule has 0 fully saturated rings. The van der Waals surface area contributed by atoms with Gasteiger partial charge in [-0.15, -0.1) is 0 Å². The van der Waals surface area contributed by atoms with Crippen LogP contribution in [0.1, 0.15) is 40.0 Å². The standard InChI is InChI=1S/C29H27FN2O2/c1-20-27(19-34)28(29(32(20)16-17-33)23-10-12-25(30)13-11-23)24-5-3-4-22(18-24)7-6-21-8-14-26(31-2)15-9-21/h5,8-15,18-19,31,33H,3-4,16-17H2,1-2H3. The molecule has 3 aromatic rings. The van der Waals surface area contributed by atoms with E-state index in [1.54, 1.807) is 12.1 Å². The Kier molecular flexibility index (Phi) is 7.10. The third-order valence-corrected chi connectivity index (χ3v) is 6.07. The summed E-state index contributed by atoms with van der Waals surface area (Å²) in [7, 11) is 1.88. The van der Waals surface area contributed by atoms with Crippen molar-refractivity contribution >= 4 is 17.5 Å². The van der Waals surface area contributed by atoms with Gasteiger partial charge in [-0.2, -0.15) is 0 Å². The van der Waals surface area contributed by atoms with E-state index in [0.29, 0.717) is 12.1 Å². The summed E-state index contributed by atoms with van der Waals surface area (Å²) >= 11 is 0. The van der Waals surface area contributed by atoms with Crippen LogP contribution in [0, 0.1) is 24.6 Å². The fourth-order valence-corrected chi connectivity index (χ4v) is 4.33. The molecule has 0 saturated heterocycles. The summed E-state index contributed by atoms with van der Waals surface area (Å²) in [5.74, 6) is 6.20. The van der Waals surface area contributed by atoms with Gasteiger partial charge in [0.2, 0.25) is 0 Å². The van der Waals surface area contributed by atoms with Crippen molar-refractivity contribution in [2.24, 2.45) is 0 Å². The van der Waals surface area contributed by atoms with E-state index in [1.807, 2.05) is 48.9 Å². The Morgan fingerprint density at radius 1 is 1.12 bits per heavy atom. The zero-order valence-corrected chi connectivity index (χ0v) is 19.4. The second kappa shape index (κ2) is 10.4. The highest BCUT2D eigenvalue weighted by Gasteiger charge is 2.24. The lowest BCUT2D eigenvalue weighted by Gasteiger charge is -2.15. The largest absolute Gasteiger partial charge is 0.395 e. The summed E-state index contributed by atoms with van der Waals surface area (Å²) in [6.45, 7) is 2.14. The number of halogens is 1. The maximum Gasteiger partial charge on any atom is 0.152 e. The fourth-order valence-electron chi connectivity index (χ4n) is 4.33. The zero-order chi connectivity index (χ0) is 24.1. The van der Waals surface area contributed by atoms with E-state index in [9.17, 15) is 14.3 Å². The molecule has 4 nitrogen and oxygen atoms in total. The lowest BCUT2D eigenvalue weighted by molar-refractivity contribution is 0.112. The Balaban J connectivity index is 1.80. The number of rotatable bonds is 6. The third-order valence-electron chi connectivity index (χ3n) is 6.07. The van der Waals surface area contributed by atoms with Gasteiger partial charge in [0.25, 0.3) is 0 Å². The number of aldehydes is 1. The highest BCUT2D eigenvalue weighted by Crippen LogP contribution is 2.38. The van der Waals surface area contributed by atoms with Crippen molar-refractivity contribution in [3.63, 3.8) is 0 Å². The molecule has 2 aromatic carbocycles. The number of nitrogens with zero attached hydrogens (tertiary/aromatic N) is 1. The van der Waals surface area contributed by atoms with Gasteiger partial charge in [0.1, 0.15) is 5.82 Å². The monoisotopic (exact) mass is 454 g/mol. The molecule has 4 rings (SSSR count). The fraction of sp³-hybridized carbons (Fsp3) is 0.207. The predicted molar refractivity (Wildman–Crippen MR) is 135 cm³/mol. The van der Waals surface area contributed by atoms with Crippen molar-refractivity contribution in [2.75, 3.05) is 19.0 Å². The van der Waals surface area contributed by atoms with Gasteiger partial charge in [0.05, 0.1) is 12.3 Å². The molecule has 5 heteroatoms. The first kappa shape index (κ1) is 23.3. The van der Waals surface area contributed by atoms with Crippen LogP contribution < -0.4 is 5.32 Å². The van der Waals surface area contributed by atoms with Crippen molar-refractivity contribution < 1.29 is 14.3 Å². The van der Waals surface area contributed by atoms with Gasteiger partial charge < -0.3 is 15.0 Å². The van der Waals surface area contributed by atoms with E-state index in [4.69, 9.17) is 0 Å². The Morgan fingerprint density at radius 3 is 2.50 bits per heavy atom. The van der Waals surface area contributed by atoms with Gasteiger partial charge in [-0.25, -0.2) is 4.39 Å². The second-order valence-electron chi connectivity index (χ2n) is 8.17. The number of carbonyl (C=O) groups excluding carboxylic acids is 1. The first-order valence-corrected chi connectivity index (χ1v) is 11.3. The lowest BCUT2D eigenvalue weighted by atomic mass is 9.90. The molecular formula is C29H27FN2O2. The molecule has 34 heavy (non-hydrogen) atoms. The maximum absolute atomic E-state index is 13.6. The molecule has 172 valence electrons. The summed E-state index contributed by atoms with van der Waals surface area (Å²) in [6, 6.07) is 14.2. The van der Waals surface area contributed by atoms with Gasteiger partial charge in [-0.05, 0) is 85.5 Å². The number of benzene rings is 2. The normalized spacial score (nSPS) is 12.9. The minimum absolute atomic E-state index is 0.0700. The molecule has 1 aliphatic carbocycles. The Morgan fingerprint density at radius 2 is 1.85 bits per heavy atom. The van der Waals surface area contributed by atoms with Crippen LogP contribution in [0.25, 0.3) is 16.8 Å². The molecule has 1 aliphatic rings. The Labute approximate surface area is 199 Å². The molecule has 0 aliphatic heterocycles. The highest BCUT2D eigenvalue weighted by atomic mass is 19.1. The van der Waals surface area contributed by atoms with Crippen LogP contribution >= 0.6 is 0 Å². The minimum atomic E-state index is -0.324. The van der Waals surface area contributed by atoms with Crippen LogP contribution in [-0.4, -0.2) is 29.6 Å². The molecule has 2 N–H and O–H groups in total. The number of aliphatic hydroxyl groups is 1. The second-order valence-corrected chi connectivity index (χ2v) is 8.17. The van der Waals surface area contributed by atoms with Gasteiger partial charge >= 0.3 is 0 Å². The van der Waals surface area contributed by atoms with Crippen molar-refractivity contribution in [1.82, 2.24) is 4.57 Å². The smallest absolute Gasteiger partial charge is 0.152 e. The lowest BCUT2D eigenvalue weighted by Crippen LogP contribution is -2.06. The van der Waals surface area contributed by atoms with E-state index >= 15 is 0 Å². The molecule has 0 saturated carbocycles. The molecule has 0 radical (unpaired) electrons. The summed E-state index contributed by atoms with van der Waals surface area (Å²) < 4.78 is 15.6. The number of aromatic nitrogens is 1. The Bertz CT molecular complexity index is 1320. The first-order chi connectivity index (χ1) is 16.5. The molecule has 1 aromatic heterocycles. The summed E-state index contributed by atoms with van der Waals surface area (Å²) in [5.41, 5.74) is 7.61. The van der Waals surface area contributed by atoms with Gasteiger partial charge in [-0.3, -0.25) is 4.79 Å². The minimum Gasteiger partial charge on any atom is -0.395 e. The first-order valence-electron chi connectivity index (χ1n) is 11.3. The Hall–Kier alpha value is -3.88. The van der Waals surface area contributed by atoms with Gasteiger partial charge in [0, 0.05) is 47.2 Å². The topological polar surface area (TPSA) is 54.3 Å². The zero-order valence-electron chi connectivity index (χ0n) is 19.4. The number of hydrogen-bond donors (Lipinski definition) is 2. The van der Waals surface area contributed by atoms with Crippen LogP contribution in [0.4, 0.5) is 10.1 Å². The summed E-state index contributed by atoms with van der Waals surface area (Å²) in [6.07, 6.45) is 6.65. The average molecular weight is 455 g/mol. The van der Waals surface area contributed by atoms with E-state index in [2.05, 4.69) is 23.2 Å². The molecular weight excluding hydrogens is 427 g/mol. The molecule has 1 heterocycles. The number of carbonyl (C=O) groups is 1. The van der Waals surface area contributed by atoms with Crippen LogP contribution in [0.15, 0.2) is 66.3 Å². The van der Waals surface area contributed by atoms with Crippen LogP contribution in [0.2, 0.25) is 0 Å². The number of allylic oxidation sites excluding steroid dienone is 4. The van der Waals surface area contributed by atoms with Gasteiger partial charge in [0.15, 0.2) is 6.29 Å². The molecule has 0 unspecified atom stereocenters. The molecule has 0 atom stereocenters. The predicted octanol–water partition coefficient (Wildman–Crippen LogP) is 5.60. The van der Waals surface area contributed by atoms with E-state index in [1.165, 1.54) is 12.1 Å². The summed E-state index contributed by atoms with van der Waals surface area (Å²) in [5, 5.41) is 12.8. The maximum atomic E-state index is 13.6. The number of hydrogen-bond acceptors (Lipinski definition) is 3. The van der Waals surface area contributed by atoms with Crippen molar-refractivity contribution in [2.45, 2.75) is 26.3 Å². The van der Waals surface area contributed by atoms with E-state index in [0.717, 1.165) is 64.0 Å². The van der Waals surface area contributed by atoms with Crippen molar-refractivity contribution in [3.8, 4) is 23.1 Å². The van der Waals surface area contributed by atoms with Crippen LogP contribution in [-0.2, 0) is 6.54 Å². The van der Waals surface area contributed by atoms with Crippen LogP contribution in [0.3, 0.4) is 0 Å². The molecule has 0 spiro atoms. The molecule has 0 amide bonds. The average Bonchev–Trinajstić information content (AvgIpc) is 3.15. The summed E-state index contributed by atoms with van der Waals surface area (Å²) in [4.78, 5) is 12.2. The van der Waals surface area contributed by atoms with Crippen molar-refractivity contribution in [3.05, 3.63) is 94.5 Å².